The van der Waals surface area contributed by atoms with E-state index < -0.39 is 10.0 Å². The molecule has 1 aromatic heterocycles. The summed E-state index contributed by atoms with van der Waals surface area (Å²) < 4.78 is 32.6. The van der Waals surface area contributed by atoms with Crippen molar-refractivity contribution < 1.29 is 13.2 Å². The molecule has 5 nitrogen and oxygen atoms in total. The summed E-state index contributed by atoms with van der Waals surface area (Å²) in [4.78, 5) is 3.81. The molecular weight excluding hydrogens is 320 g/mol. The van der Waals surface area contributed by atoms with Crippen LogP contribution in [0.2, 0.25) is 0 Å². The Hall–Kier alpha value is -0.470. The van der Waals surface area contributed by atoms with Gasteiger partial charge in [-0.3, -0.25) is 4.90 Å². The van der Waals surface area contributed by atoms with Gasteiger partial charge in [0.1, 0.15) is 0 Å². The molecule has 0 bridgehead atoms. The van der Waals surface area contributed by atoms with Crippen LogP contribution in [0, 0.1) is 11.8 Å². The highest BCUT2D eigenvalue weighted by Crippen LogP contribution is 2.35. The predicted octanol–water partition coefficient (Wildman–Crippen LogP) is 1.28. The molecule has 2 aliphatic heterocycles. The zero-order valence-corrected chi connectivity index (χ0v) is 14.1. The van der Waals surface area contributed by atoms with E-state index in [1.165, 1.54) is 4.88 Å². The molecule has 0 radical (unpaired) electrons. The van der Waals surface area contributed by atoms with Crippen LogP contribution in [0.4, 0.5) is 0 Å². The summed E-state index contributed by atoms with van der Waals surface area (Å²) in [5.74, 6) is 0.772. The van der Waals surface area contributed by atoms with E-state index in [4.69, 9.17) is 4.74 Å². The normalized spacial score (nSPS) is 32.5. The Morgan fingerprint density at radius 2 is 2.23 bits per heavy atom. The van der Waals surface area contributed by atoms with E-state index >= 15 is 0 Å². The van der Waals surface area contributed by atoms with E-state index in [9.17, 15) is 8.42 Å². The van der Waals surface area contributed by atoms with Gasteiger partial charge in [-0.25, -0.2) is 13.1 Å². The number of fused-ring (bicyclic) bond motifs is 1. The molecule has 0 unspecified atom stereocenters. The number of rotatable bonds is 6. The van der Waals surface area contributed by atoms with Crippen LogP contribution in [0.15, 0.2) is 17.5 Å². The molecule has 0 amide bonds. The third kappa shape index (κ3) is 3.10. The monoisotopic (exact) mass is 342 g/mol. The molecule has 1 N–H and O–H groups in total. The maximum Gasteiger partial charge on any atom is 0.214 e. The van der Waals surface area contributed by atoms with Crippen molar-refractivity contribution in [2.45, 2.75) is 30.7 Å². The van der Waals surface area contributed by atoms with Crippen molar-refractivity contribution >= 4 is 21.4 Å². The van der Waals surface area contributed by atoms with Crippen molar-refractivity contribution in [1.82, 2.24) is 9.62 Å². The van der Waals surface area contributed by atoms with E-state index in [1.54, 1.807) is 11.3 Å². The molecule has 3 atom stereocenters. The number of nitrogens with one attached hydrogen (secondary N) is 1. The van der Waals surface area contributed by atoms with Crippen LogP contribution in [0.5, 0.6) is 0 Å². The van der Waals surface area contributed by atoms with Crippen molar-refractivity contribution in [3.8, 4) is 0 Å². The summed E-state index contributed by atoms with van der Waals surface area (Å²) in [7, 11) is -3.08. The summed E-state index contributed by atoms with van der Waals surface area (Å²) in [5, 5.41) is 1.97. The molecule has 22 heavy (non-hydrogen) atoms. The Bertz CT molecular complexity index is 613. The first-order valence-corrected chi connectivity index (χ1v) is 10.4. The SMILES string of the molecule is O=S(=O)(NC[C@@H]1CO[C@H]2CN(Cc3cccs3)C[C@@H]12)C1CC1. The zero-order chi connectivity index (χ0) is 15.2. The van der Waals surface area contributed by atoms with E-state index in [2.05, 4.69) is 27.1 Å². The average Bonchev–Trinajstić information content (AvgIpc) is 2.92. The average molecular weight is 342 g/mol. The highest BCUT2D eigenvalue weighted by atomic mass is 32.2. The molecule has 1 aromatic rings. The smallest absolute Gasteiger partial charge is 0.214 e. The van der Waals surface area contributed by atoms with Crippen molar-refractivity contribution in [3.63, 3.8) is 0 Å². The van der Waals surface area contributed by atoms with Gasteiger partial charge in [0, 0.05) is 42.9 Å². The molecule has 3 aliphatic rings. The van der Waals surface area contributed by atoms with Crippen molar-refractivity contribution in [1.29, 1.82) is 0 Å². The number of hydrogen-bond acceptors (Lipinski definition) is 5. The molecule has 0 aromatic carbocycles. The van der Waals surface area contributed by atoms with Gasteiger partial charge >= 0.3 is 0 Å². The topological polar surface area (TPSA) is 58.6 Å². The van der Waals surface area contributed by atoms with Crippen LogP contribution in [-0.2, 0) is 21.3 Å². The number of likely N-dealkylation sites (tertiary alicyclic amines) is 1. The van der Waals surface area contributed by atoms with Crippen molar-refractivity contribution in [2.24, 2.45) is 11.8 Å². The molecular formula is C15H22N2O3S2. The Kier molecular flexibility index (Phi) is 4.02. The lowest BCUT2D eigenvalue weighted by Crippen LogP contribution is -2.35. The van der Waals surface area contributed by atoms with Gasteiger partial charge in [-0.2, -0.15) is 0 Å². The first-order valence-electron chi connectivity index (χ1n) is 7.96. The fourth-order valence-electron chi connectivity index (χ4n) is 3.56. The maximum absolute atomic E-state index is 12.0. The van der Waals surface area contributed by atoms with Gasteiger partial charge in [0.25, 0.3) is 0 Å². The first kappa shape index (κ1) is 15.1. The third-order valence-electron chi connectivity index (χ3n) is 4.98. The lowest BCUT2D eigenvalue weighted by atomic mass is 9.93. The lowest BCUT2D eigenvalue weighted by molar-refractivity contribution is 0.0944. The Morgan fingerprint density at radius 1 is 1.36 bits per heavy atom. The molecule has 4 rings (SSSR count). The minimum atomic E-state index is -3.08. The van der Waals surface area contributed by atoms with Crippen LogP contribution in [0.1, 0.15) is 17.7 Å². The third-order valence-corrected chi connectivity index (χ3v) is 7.76. The number of hydrogen-bond donors (Lipinski definition) is 1. The van der Waals surface area contributed by atoms with Crippen LogP contribution in [0.25, 0.3) is 0 Å². The first-order chi connectivity index (χ1) is 10.6. The molecule has 3 fully saturated rings. The Morgan fingerprint density at radius 3 is 2.95 bits per heavy atom. The molecule has 0 spiro atoms. The quantitative estimate of drug-likeness (QED) is 0.846. The van der Waals surface area contributed by atoms with E-state index in [-0.39, 0.29) is 11.4 Å². The van der Waals surface area contributed by atoms with E-state index in [1.807, 2.05) is 0 Å². The molecule has 2 saturated heterocycles. The lowest BCUT2D eigenvalue weighted by Gasteiger charge is -2.19. The summed E-state index contributed by atoms with van der Waals surface area (Å²) >= 11 is 1.79. The Balaban J connectivity index is 1.32. The van der Waals surface area contributed by atoms with Gasteiger partial charge < -0.3 is 4.74 Å². The highest BCUT2D eigenvalue weighted by Gasteiger charge is 2.44. The number of nitrogens with zero attached hydrogens (tertiary/aromatic N) is 1. The van der Waals surface area contributed by atoms with Gasteiger partial charge in [-0.1, -0.05) is 6.07 Å². The minimum absolute atomic E-state index is 0.135. The van der Waals surface area contributed by atoms with Gasteiger partial charge in [0.15, 0.2) is 0 Å². The highest BCUT2D eigenvalue weighted by molar-refractivity contribution is 7.90. The molecule has 1 aliphatic carbocycles. The fraction of sp³-hybridized carbons (Fsp3) is 0.733. The molecule has 1 saturated carbocycles. The Labute approximate surface area is 135 Å². The van der Waals surface area contributed by atoms with Gasteiger partial charge in [0.2, 0.25) is 10.0 Å². The summed E-state index contributed by atoms with van der Waals surface area (Å²) in [5.41, 5.74) is 0. The van der Waals surface area contributed by atoms with Crippen LogP contribution in [-0.4, -0.2) is 50.9 Å². The largest absolute Gasteiger partial charge is 0.376 e. The van der Waals surface area contributed by atoms with Crippen LogP contribution in [0.3, 0.4) is 0 Å². The molecule has 122 valence electrons. The summed E-state index contributed by atoms with van der Waals surface area (Å²) in [6, 6.07) is 4.25. The fourth-order valence-corrected chi connectivity index (χ4v) is 5.75. The second kappa shape index (κ2) is 5.87. The van der Waals surface area contributed by atoms with Crippen molar-refractivity contribution in [2.75, 3.05) is 26.2 Å². The van der Waals surface area contributed by atoms with E-state index in [0.29, 0.717) is 25.0 Å². The summed E-state index contributed by atoms with van der Waals surface area (Å²) in [6.07, 6.45) is 1.91. The second-order valence-corrected chi connectivity index (χ2v) is 9.74. The standard InChI is InChI=1S/C15H22N2O3S2/c18-22(19,13-3-4-13)16-6-11-10-20-15-9-17(8-14(11)15)7-12-2-1-5-21-12/h1-2,5,11,13-16H,3-4,6-10H2/t11-,14+,15+/m1/s1. The van der Waals surface area contributed by atoms with Gasteiger partial charge in [-0.15, -0.1) is 11.3 Å². The van der Waals surface area contributed by atoms with Gasteiger partial charge in [0.05, 0.1) is 18.0 Å². The van der Waals surface area contributed by atoms with E-state index in [0.717, 1.165) is 32.5 Å². The molecule has 3 heterocycles. The second-order valence-electron chi connectivity index (χ2n) is 6.66. The van der Waals surface area contributed by atoms with Crippen LogP contribution >= 0.6 is 11.3 Å². The van der Waals surface area contributed by atoms with Crippen molar-refractivity contribution in [3.05, 3.63) is 22.4 Å². The van der Waals surface area contributed by atoms with Crippen LogP contribution < -0.4 is 4.72 Å². The predicted molar refractivity (Wildman–Crippen MR) is 86.3 cm³/mol. The number of sulfonamides is 1. The minimum Gasteiger partial charge on any atom is -0.376 e. The summed E-state index contributed by atoms with van der Waals surface area (Å²) in [6.45, 7) is 4.18. The number of ether oxygens (including phenoxy) is 1. The number of thiophene rings is 1. The van der Waals surface area contributed by atoms with Gasteiger partial charge in [-0.05, 0) is 24.3 Å². The molecule has 7 heteroatoms. The zero-order valence-electron chi connectivity index (χ0n) is 12.5. The maximum atomic E-state index is 12.0.